The van der Waals surface area contributed by atoms with Gasteiger partial charge in [0.1, 0.15) is 10.6 Å². The lowest BCUT2D eigenvalue weighted by Gasteiger charge is -2.44. The number of carbonyl (C=O) groups excluding carboxylic acids is 3. The van der Waals surface area contributed by atoms with Gasteiger partial charge in [-0.1, -0.05) is 18.2 Å². The summed E-state index contributed by atoms with van der Waals surface area (Å²) >= 11 is 6.25. The lowest BCUT2D eigenvalue weighted by Crippen LogP contribution is -2.59. The van der Waals surface area contributed by atoms with E-state index in [1.807, 2.05) is 0 Å². The SMILES string of the molecule is [C-]#[N+]c1nn2c(c1S(C)=O)N(C(C)=O)C(CC(=O)OC)(C(=O)OC)c1cc(C(F)(F)F)cc(Cl)c1-2. The first kappa shape index (κ1) is 26.2. The van der Waals surface area contributed by atoms with Gasteiger partial charge in [-0.25, -0.2) is 4.79 Å². The fourth-order valence-electron chi connectivity index (χ4n) is 3.98. The number of hydrogen-bond donors (Lipinski definition) is 0. The third kappa shape index (κ3) is 3.94. The molecular formula is C20H16ClF3N4O6S. The van der Waals surface area contributed by atoms with Crippen molar-refractivity contribution in [2.24, 2.45) is 0 Å². The number of aromatic nitrogens is 2. The Bertz CT molecular complexity index is 1340. The first-order valence-corrected chi connectivity index (χ1v) is 11.4. The average molecular weight is 533 g/mol. The summed E-state index contributed by atoms with van der Waals surface area (Å²) in [5, 5.41) is 3.44. The van der Waals surface area contributed by atoms with Crippen LogP contribution in [-0.4, -0.2) is 52.3 Å². The molecule has 2 unspecified atom stereocenters. The zero-order chi connectivity index (χ0) is 26.5. The Balaban J connectivity index is 2.68. The number of nitrogens with zero attached hydrogens (tertiary/aromatic N) is 4. The molecule has 0 saturated carbocycles. The summed E-state index contributed by atoms with van der Waals surface area (Å²) in [6.07, 6.45) is -4.75. The van der Waals surface area contributed by atoms with E-state index in [-0.39, 0.29) is 16.4 Å². The molecule has 3 rings (SSSR count). The predicted molar refractivity (Wildman–Crippen MR) is 116 cm³/mol. The monoisotopic (exact) mass is 532 g/mol. The number of carbonyl (C=O) groups is 3. The molecule has 35 heavy (non-hydrogen) atoms. The molecule has 0 spiro atoms. The van der Waals surface area contributed by atoms with Gasteiger partial charge in [0.05, 0.1) is 31.2 Å². The Hall–Kier alpha value is -3.44. The van der Waals surface area contributed by atoms with Gasteiger partial charge in [0.2, 0.25) is 5.91 Å². The molecule has 1 aromatic heterocycles. The fraction of sp³-hybridized carbons (Fsp3) is 0.350. The van der Waals surface area contributed by atoms with Crippen LogP contribution in [0, 0.1) is 6.57 Å². The van der Waals surface area contributed by atoms with E-state index in [4.69, 9.17) is 22.9 Å². The molecule has 0 saturated heterocycles. The molecule has 1 amide bonds. The normalized spacial score (nSPS) is 17.6. The predicted octanol–water partition coefficient (Wildman–Crippen LogP) is 3.13. The molecule has 2 aromatic rings. The molecule has 0 radical (unpaired) electrons. The van der Waals surface area contributed by atoms with Gasteiger partial charge < -0.3 is 14.3 Å². The molecule has 1 aliphatic heterocycles. The van der Waals surface area contributed by atoms with Crippen LogP contribution in [0.15, 0.2) is 17.0 Å². The topological polar surface area (TPSA) is 112 Å². The number of fused-ring (bicyclic) bond motifs is 3. The van der Waals surface area contributed by atoms with E-state index >= 15 is 0 Å². The Morgan fingerprint density at radius 1 is 1.26 bits per heavy atom. The van der Waals surface area contributed by atoms with Crippen molar-refractivity contribution in [2.75, 3.05) is 25.4 Å². The number of halogens is 4. The van der Waals surface area contributed by atoms with Gasteiger partial charge in [-0.15, -0.1) is 4.68 Å². The molecule has 0 bridgehead atoms. The molecular weight excluding hydrogens is 517 g/mol. The van der Waals surface area contributed by atoms with Crippen molar-refractivity contribution in [3.8, 4) is 5.69 Å². The molecule has 0 N–H and O–H groups in total. The Kier molecular flexibility index (Phi) is 6.71. The maximum Gasteiger partial charge on any atom is 0.416 e. The van der Waals surface area contributed by atoms with Crippen molar-refractivity contribution >= 4 is 51.9 Å². The maximum absolute atomic E-state index is 13.7. The second kappa shape index (κ2) is 8.97. The Morgan fingerprint density at radius 3 is 2.34 bits per heavy atom. The first-order valence-electron chi connectivity index (χ1n) is 9.47. The highest BCUT2D eigenvalue weighted by Gasteiger charge is 2.58. The number of methoxy groups -OCH3 is 2. The van der Waals surface area contributed by atoms with Crippen LogP contribution in [-0.2, 0) is 46.4 Å². The van der Waals surface area contributed by atoms with E-state index < -0.39 is 68.7 Å². The van der Waals surface area contributed by atoms with Gasteiger partial charge in [-0.3, -0.25) is 18.7 Å². The van der Waals surface area contributed by atoms with Crippen molar-refractivity contribution in [3.05, 3.63) is 39.7 Å². The summed E-state index contributed by atoms with van der Waals surface area (Å²) < 4.78 is 64.2. The van der Waals surface area contributed by atoms with Crippen molar-refractivity contribution in [3.63, 3.8) is 0 Å². The van der Waals surface area contributed by atoms with E-state index in [0.29, 0.717) is 17.0 Å². The third-order valence-electron chi connectivity index (χ3n) is 5.30. The minimum atomic E-state index is -4.94. The van der Waals surface area contributed by atoms with Crippen LogP contribution in [0.2, 0.25) is 5.02 Å². The zero-order valence-corrected chi connectivity index (χ0v) is 20.1. The molecule has 0 aliphatic carbocycles. The molecule has 0 fully saturated rings. The summed E-state index contributed by atoms with van der Waals surface area (Å²) in [5.74, 6) is -4.18. The number of hydrogen-bond acceptors (Lipinski definition) is 7. The molecule has 1 aromatic carbocycles. The van der Waals surface area contributed by atoms with Gasteiger partial charge in [-0.2, -0.15) is 13.2 Å². The van der Waals surface area contributed by atoms with Crippen LogP contribution in [0.25, 0.3) is 10.5 Å². The lowest BCUT2D eigenvalue weighted by atomic mass is 9.80. The van der Waals surface area contributed by atoms with Crippen LogP contribution in [0.5, 0.6) is 0 Å². The quantitative estimate of drug-likeness (QED) is 0.439. The third-order valence-corrected chi connectivity index (χ3v) is 6.53. The highest BCUT2D eigenvalue weighted by atomic mass is 35.5. The average Bonchev–Trinajstić information content (AvgIpc) is 3.16. The largest absolute Gasteiger partial charge is 0.469 e. The lowest BCUT2D eigenvalue weighted by molar-refractivity contribution is -0.155. The first-order chi connectivity index (χ1) is 16.3. The molecule has 186 valence electrons. The van der Waals surface area contributed by atoms with Gasteiger partial charge >= 0.3 is 23.9 Å². The fourth-order valence-corrected chi connectivity index (χ4v) is 5.05. The summed E-state index contributed by atoms with van der Waals surface area (Å²) in [6, 6.07) is 1.11. The molecule has 2 atom stereocenters. The standard InChI is InChI=1S/C20H16ClF3N4O6S/c1-9(29)27-17-15(35(5)32)16(25-2)26-28(17)14-11(6-10(7-12(14)21)20(22,23)24)19(27,18(31)34-4)8-13(30)33-3/h6-7H,8H2,1,3-5H3. The Morgan fingerprint density at radius 2 is 1.89 bits per heavy atom. The number of rotatable bonds is 4. The van der Waals surface area contributed by atoms with Gasteiger partial charge in [-0.05, 0) is 17.2 Å². The van der Waals surface area contributed by atoms with Crippen molar-refractivity contribution in [1.29, 1.82) is 0 Å². The summed E-state index contributed by atoms with van der Waals surface area (Å²) in [7, 11) is -0.102. The Labute approximate surface area is 203 Å². The van der Waals surface area contributed by atoms with E-state index in [1.54, 1.807) is 0 Å². The van der Waals surface area contributed by atoms with Crippen LogP contribution < -0.4 is 4.90 Å². The number of amides is 1. The molecule has 2 heterocycles. The number of alkyl halides is 3. The molecule has 1 aliphatic rings. The van der Waals surface area contributed by atoms with Gasteiger partial charge in [0.15, 0.2) is 11.4 Å². The van der Waals surface area contributed by atoms with Crippen molar-refractivity contribution in [2.45, 2.75) is 30.0 Å². The number of anilines is 1. The highest BCUT2D eigenvalue weighted by molar-refractivity contribution is 7.84. The smallest absolute Gasteiger partial charge is 0.416 e. The van der Waals surface area contributed by atoms with Crippen LogP contribution in [0.3, 0.4) is 0 Å². The van der Waals surface area contributed by atoms with Gasteiger partial charge in [0, 0.05) is 29.5 Å². The van der Waals surface area contributed by atoms with Crippen molar-refractivity contribution in [1.82, 2.24) is 9.78 Å². The van der Waals surface area contributed by atoms with E-state index in [1.165, 1.54) is 6.26 Å². The van der Waals surface area contributed by atoms with E-state index in [0.717, 1.165) is 25.8 Å². The second-order valence-electron chi connectivity index (χ2n) is 7.27. The van der Waals surface area contributed by atoms with E-state index in [9.17, 15) is 31.8 Å². The van der Waals surface area contributed by atoms with E-state index in [2.05, 4.69) is 14.7 Å². The highest BCUT2D eigenvalue weighted by Crippen LogP contribution is 2.52. The summed E-state index contributed by atoms with van der Waals surface area (Å²) in [6.45, 7) is 8.38. The maximum atomic E-state index is 13.7. The minimum Gasteiger partial charge on any atom is -0.469 e. The summed E-state index contributed by atoms with van der Waals surface area (Å²) in [5.41, 5.74) is -4.74. The number of esters is 2. The second-order valence-corrected chi connectivity index (χ2v) is 8.99. The van der Waals surface area contributed by atoms with Gasteiger partial charge in [0.25, 0.3) is 0 Å². The summed E-state index contributed by atoms with van der Waals surface area (Å²) in [4.78, 5) is 42.4. The molecule has 15 heteroatoms. The molecule has 10 nitrogen and oxygen atoms in total. The van der Waals surface area contributed by atoms with Crippen LogP contribution in [0.4, 0.5) is 24.8 Å². The number of benzene rings is 1. The van der Waals surface area contributed by atoms with Crippen LogP contribution in [0.1, 0.15) is 24.5 Å². The number of ether oxygens (including phenoxy) is 2. The minimum absolute atomic E-state index is 0.296. The zero-order valence-electron chi connectivity index (χ0n) is 18.5. The van der Waals surface area contributed by atoms with Crippen LogP contribution >= 0.6 is 11.6 Å². The van der Waals surface area contributed by atoms with Crippen molar-refractivity contribution < 1.29 is 41.2 Å².